The van der Waals surface area contributed by atoms with Gasteiger partial charge in [0.25, 0.3) is 0 Å². The highest BCUT2D eigenvalue weighted by molar-refractivity contribution is 6.42. The predicted octanol–water partition coefficient (Wildman–Crippen LogP) is 4.93. The first-order valence-corrected chi connectivity index (χ1v) is 7.76. The zero-order valence-corrected chi connectivity index (χ0v) is 14.5. The second-order valence-corrected chi connectivity index (χ2v) is 5.61. The lowest BCUT2D eigenvalue weighted by atomic mass is 10.2. The van der Waals surface area contributed by atoms with Gasteiger partial charge in [-0.2, -0.15) is 8.78 Å². The Bertz CT molecular complexity index is 760. The molecule has 0 fully saturated rings. The van der Waals surface area contributed by atoms with Crippen LogP contribution >= 0.6 is 23.2 Å². The predicted molar refractivity (Wildman–Crippen MR) is 91.9 cm³/mol. The zero-order valence-electron chi connectivity index (χ0n) is 13.0. The molecule has 0 aliphatic carbocycles. The van der Waals surface area contributed by atoms with Crippen LogP contribution in [0.15, 0.2) is 36.4 Å². The SMILES string of the molecule is COc1ccc(CNC(=O)Nc2ccc(Cl)c(Cl)c2)cc1OC(F)F. The van der Waals surface area contributed by atoms with Crippen LogP contribution in [0.4, 0.5) is 19.3 Å². The van der Waals surface area contributed by atoms with Gasteiger partial charge in [0.2, 0.25) is 0 Å². The highest BCUT2D eigenvalue weighted by Crippen LogP contribution is 2.29. The van der Waals surface area contributed by atoms with E-state index in [1.807, 2.05) is 0 Å². The van der Waals surface area contributed by atoms with Crippen molar-refractivity contribution in [2.24, 2.45) is 0 Å². The molecule has 134 valence electrons. The maximum absolute atomic E-state index is 12.4. The standard InChI is InChI=1S/C16H14Cl2F2N2O3/c1-24-13-5-2-9(6-14(13)25-15(19)20)8-21-16(23)22-10-3-4-11(17)12(18)7-10/h2-7,15H,8H2,1H3,(H2,21,22,23). The highest BCUT2D eigenvalue weighted by atomic mass is 35.5. The molecule has 0 atom stereocenters. The maximum atomic E-state index is 12.4. The summed E-state index contributed by atoms with van der Waals surface area (Å²) < 4.78 is 34.2. The number of anilines is 1. The van der Waals surface area contributed by atoms with Gasteiger partial charge in [-0.15, -0.1) is 0 Å². The number of ether oxygens (including phenoxy) is 2. The van der Waals surface area contributed by atoms with Gasteiger partial charge in [0.15, 0.2) is 11.5 Å². The van der Waals surface area contributed by atoms with Crippen LogP contribution in [0.3, 0.4) is 0 Å². The van der Waals surface area contributed by atoms with E-state index >= 15 is 0 Å². The summed E-state index contributed by atoms with van der Waals surface area (Å²) in [5.74, 6) is 0.0611. The van der Waals surface area contributed by atoms with Crippen molar-refractivity contribution in [2.75, 3.05) is 12.4 Å². The number of benzene rings is 2. The fraction of sp³-hybridized carbons (Fsp3) is 0.188. The summed E-state index contributed by atoms with van der Waals surface area (Å²) >= 11 is 11.7. The lowest BCUT2D eigenvalue weighted by Crippen LogP contribution is -2.28. The van der Waals surface area contributed by atoms with E-state index in [1.165, 1.54) is 25.3 Å². The molecule has 2 amide bonds. The van der Waals surface area contributed by atoms with E-state index in [-0.39, 0.29) is 18.0 Å². The third-order valence-electron chi connectivity index (χ3n) is 3.07. The first kappa shape index (κ1) is 19.1. The molecule has 2 aromatic carbocycles. The van der Waals surface area contributed by atoms with E-state index in [0.29, 0.717) is 21.3 Å². The fourth-order valence-corrected chi connectivity index (χ4v) is 2.25. The molecule has 0 spiro atoms. The molecule has 0 bridgehead atoms. The molecule has 0 aliphatic heterocycles. The average Bonchev–Trinajstić information content (AvgIpc) is 2.56. The Hall–Kier alpha value is -2.25. The van der Waals surface area contributed by atoms with Crippen LogP contribution < -0.4 is 20.1 Å². The Labute approximate surface area is 152 Å². The third kappa shape index (κ3) is 5.65. The maximum Gasteiger partial charge on any atom is 0.387 e. The number of carbonyl (C=O) groups is 1. The van der Waals surface area contributed by atoms with Gasteiger partial charge >= 0.3 is 12.6 Å². The second kappa shape index (κ2) is 8.73. The fourth-order valence-electron chi connectivity index (χ4n) is 1.95. The van der Waals surface area contributed by atoms with Crippen molar-refractivity contribution in [1.29, 1.82) is 0 Å². The Morgan fingerprint density at radius 3 is 2.52 bits per heavy atom. The van der Waals surface area contributed by atoms with Crippen LogP contribution in [0.25, 0.3) is 0 Å². The van der Waals surface area contributed by atoms with Crippen molar-refractivity contribution in [3.05, 3.63) is 52.0 Å². The summed E-state index contributed by atoms with van der Waals surface area (Å²) in [5, 5.41) is 5.85. The van der Waals surface area contributed by atoms with Crippen LogP contribution in [-0.4, -0.2) is 19.8 Å². The number of rotatable bonds is 6. The minimum atomic E-state index is -2.98. The van der Waals surface area contributed by atoms with Crippen LogP contribution in [0.1, 0.15) is 5.56 Å². The molecule has 9 heteroatoms. The van der Waals surface area contributed by atoms with E-state index in [0.717, 1.165) is 0 Å². The van der Waals surface area contributed by atoms with E-state index in [4.69, 9.17) is 27.9 Å². The minimum Gasteiger partial charge on any atom is -0.493 e. The van der Waals surface area contributed by atoms with Gasteiger partial charge in [-0.25, -0.2) is 4.79 Å². The number of hydrogen-bond donors (Lipinski definition) is 2. The number of nitrogens with one attached hydrogen (secondary N) is 2. The van der Waals surface area contributed by atoms with E-state index in [1.54, 1.807) is 18.2 Å². The normalized spacial score (nSPS) is 10.5. The molecule has 0 saturated carbocycles. The van der Waals surface area contributed by atoms with Crippen molar-refractivity contribution < 1.29 is 23.0 Å². The second-order valence-electron chi connectivity index (χ2n) is 4.80. The molecule has 2 N–H and O–H groups in total. The molecule has 0 aromatic heterocycles. The molecule has 0 unspecified atom stereocenters. The van der Waals surface area contributed by atoms with Crippen molar-refractivity contribution in [3.63, 3.8) is 0 Å². The zero-order chi connectivity index (χ0) is 18.4. The largest absolute Gasteiger partial charge is 0.493 e. The average molecular weight is 391 g/mol. The number of methoxy groups -OCH3 is 1. The van der Waals surface area contributed by atoms with Gasteiger partial charge in [-0.05, 0) is 35.9 Å². The number of hydrogen-bond acceptors (Lipinski definition) is 3. The van der Waals surface area contributed by atoms with Crippen molar-refractivity contribution in [1.82, 2.24) is 5.32 Å². The number of amides is 2. The van der Waals surface area contributed by atoms with E-state index < -0.39 is 12.6 Å². The van der Waals surface area contributed by atoms with Gasteiger partial charge < -0.3 is 20.1 Å². The van der Waals surface area contributed by atoms with E-state index in [9.17, 15) is 13.6 Å². The van der Waals surface area contributed by atoms with Crippen molar-refractivity contribution >= 4 is 34.9 Å². The van der Waals surface area contributed by atoms with Gasteiger partial charge in [0, 0.05) is 12.2 Å². The van der Waals surface area contributed by atoms with Gasteiger partial charge in [0.05, 0.1) is 17.2 Å². The summed E-state index contributed by atoms with van der Waals surface area (Å²) in [5.41, 5.74) is 1.02. The molecule has 2 rings (SSSR count). The topological polar surface area (TPSA) is 59.6 Å². The molecule has 0 radical (unpaired) electrons. The van der Waals surface area contributed by atoms with Crippen LogP contribution in [0.5, 0.6) is 11.5 Å². The number of carbonyl (C=O) groups excluding carboxylic acids is 1. The van der Waals surface area contributed by atoms with Gasteiger partial charge in [-0.3, -0.25) is 0 Å². The first-order valence-electron chi connectivity index (χ1n) is 7.00. The quantitative estimate of drug-likeness (QED) is 0.735. The van der Waals surface area contributed by atoms with Gasteiger partial charge in [0.1, 0.15) is 0 Å². The van der Waals surface area contributed by atoms with Crippen molar-refractivity contribution in [3.8, 4) is 11.5 Å². The highest BCUT2D eigenvalue weighted by Gasteiger charge is 2.12. The van der Waals surface area contributed by atoms with Crippen LogP contribution in [0.2, 0.25) is 10.0 Å². The molecule has 0 heterocycles. The molecule has 0 aliphatic rings. The third-order valence-corrected chi connectivity index (χ3v) is 3.81. The Kier molecular flexibility index (Phi) is 6.66. The number of halogens is 4. The van der Waals surface area contributed by atoms with Crippen molar-refractivity contribution in [2.45, 2.75) is 13.2 Å². The summed E-state index contributed by atoms with van der Waals surface area (Å²) in [6.45, 7) is -2.88. The Morgan fingerprint density at radius 1 is 1.12 bits per heavy atom. The molecule has 0 saturated heterocycles. The number of urea groups is 1. The summed E-state index contributed by atoms with van der Waals surface area (Å²) in [4.78, 5) is 11.9. The molecular weight excluding hydrogens is 377 g/mol. The summed E-state index contributed by atoms with van der Waals surface area (Å²) in [7, 11) is 1.34. The van der Waals surface area contributed by atoms with E-state index in [2.05, 4.69) is 15.4 Å². The van der Waals surface area contributed by atoms with Crippen LogP contribution in [0, 0.1) is 0 Å². The lowest BCUT2D eigenvalue weighted by molar-refractivity contribution is -0.0512. The molecule has 25 heavy (non-hydrogen) atoms. The summed E-state index contributed by atoms with van der Waals surface area (Å²) in [6, 6.07) is 8.62. The molecular formula is C16H14Cl2F2N2O3. The smallest absolute Gasteiger partial charge is 0.387 e. The minimum absolute atomic E-state index is 0.0940. The molecule has 2 aromatic rings. The number of alkyl halides is 2. The van der Waals surface area contributed by atoms with Gasteiger partial charge in [-0.1, -0.05) is 29.3 Å². The monoisotopic (exact) mass is 390 g/mol. The molecule has 5 nitrogen and oxygen atoms in total. The lowest BCUT2D eigenvalue weighted by Gasteiger charge is -2.12. The van der Waals surface area contributed by atoms with Crippen LogP contribution in [-0.2, 0) is 6.54 Å². The first-order chi connectivity index (χ1) is 11.9. The summed E-state index contributed by atoms with van der Waals surface area (Å²) in [6.07, 6.45) is 0. The Balaban J connectivity index is 1.97. The Morgan fingerprint density at radius 2 is 1.88 bits per heavy atom.